The summed E-state index contributed by atoms with van der Waals surface area (Å²) < 4.78 is 5.30. The molecule has 0 fully saturated rings. The van der Waals surface area contributed by atoms with Crippen molar-refractivity contribution < 1.29 is 9.53 Å². The summed E-state index contributed by atoms with van der Waals surface area (Å²) in [6.45, 7) is 2.18. The first kappa shape index (κ1) is 12.4. The van der Waals surface area contributed by atoms with Crippen LogP contribution in [0.4, 0.5) is 0 Å². The number of hydrogen-bond donors (Lipinski definition) is 1. The second kappa shape index (κ2) is 5.54. The van der Waals surface area contributed by atoms with Crippen LogP contribution in [0, 0.1) is 0 Å². The minimum atomic E-state index is 0.00204. The van der Waals surface area contributed by atoms with Crippen LogP contribution in [-0.2, 0) is 11.2 Å². The largest absolute Gasteiger partial charge is 0.497 e. The molecule has 2 aromatic carbocycles. The van der Waals surface area contributed by atoms with Crippen LogP contribution in [0.15, 0.2) is 36.4 Å². The summed E-state index contributed by atoms with van der Waals surface area (Å²) >= 11 is 0. The molecular formula is C15H17NO2. The zero-order valence-electron chi connectivity index (χ0n) is 10.7. The van der Waals surface area contributed by atoms with E-state index in [9.17, 15) is 4.79 Å². The predicted molar refractivity (Wildman–Crippen MR) is 72.9 cm³/mol. The van der Waals surface area contributed by atoms with Gasteiger partial charge in [0.1, 0.15) is 5.75 Å². The Balaban J connectivity index is 2.31. The van der Waals surface area contributed by atoms with Crippen LogP contribution in [-0.4, -0.2) is 19.6 Å². The quantitative estimate of drug-likeness (QED) is 0.896. The molecular weight excluding hydrogens is 226 g/mol. The normalized spacial score (nSPS) is 10.3. The average molecular weight is 243 g/mol. The van der Waals surface area contributed by atoms with Gasteiger partial charge in [-0.15, -0.1) is 0 Å². The molecule has 3 heteroatoms. The maximum atomic E-state index is 10.9. The number of ether oxygens (including phenoxy) is 1. The third-order valence-electron chi connectivity index (χ3n) is 2.92. The Labute approximate surface area is 107 Å². The van der Waals surface area contributed by atoms with Gasteiger partial charge in [0.05, 0.1) is 7.11 Å². The van der Waals surface area contributed by atoms with Crippen molar-refractivity contribution in [2.75, 3.05) is 13.7 Å². The molecule has 0 atom stereocenters. The summed E-state index contributed by atoms with van der Waals surface area (Å²) in [6.07, 6.45) is 0.803. The first-order chi connectivity index (χ1) is 8.70. The van der Waals surface area contributed by atoms with Crippen molar-refractivity contribution in [3.8, 4) is 5.75 Å². The number of amides is 1. The zero-order chi connectivity index (χ0) is 13.0. The molecule has 0 aliphatic heterocycles. The minimum absolute atomic E-state index is 0.00204. The maximum Gasteiger partial charge on any atom is 0.216 e. The first-order valence-electron chi connectivity index (χ1n) is 6.01. The molecule has 1 N–H and O–H groups in total. The average Bonchev–Trinajstić information content (AvgIpc) is 2.38. The molecule has 0 unspecified atom stereocenters. The van der Waals surface area contributed by atoms with Gasteiger partial charge in [0, 0.05) is 13.5 Å². The summed E-state index contributed by atoms with van der Waals surface area (Å²) in [5, 5.41) is 5.19. The van der Waals surface area contributed by atoms with E-state index >= 15 is 0 Å². The van der Waals surface area contributed by atoms with E-state index in [0.29, 0.717) is 6.54 Å². The second-order valence-electron chi connectivity index (χ2n) is 4.24. The summed E-state index contributed by atoms with van der Waals surface area (Å²) in [6, 6.07) is 12.3. The lowest BCUT2D eigenvalue weighted by atomic mass is 10.0. The van der Waals surface area contributed by atoms with E-state index in [-0.39, 0.29) is 5.91 Å². The minimum Gasteiger partial charge on any atom is -0.497 e. The number of nitrogens with one attached hydrogen (secondary N) is 1. The molecule has 0 saturated heterocycles. The van der Waals surface area contributed by atoms with E-state index in [0.717, 1.165) is 17.6 Å². The molecule has 1 amide bonds. The fourth-order valence-corrected chi connectivity index (χ4v) is 2.06. The fourth-order valence-electron chi connectivity index (χ4n) is 2.06. The lowest BCUT2D eigenvalue weighted by Gasteiger charge is -2.10. The molecule has 0 spiro atoms. The van der Waals surface area contributed by atoms with Gasteiger partial charge in [0.25, 0.3) is 0 Å². The zero-order valence-corrected chi connectivity index (χ0v) is 10.7. The van der Waals surface area contributed by atoms with Gasteiger partial charge in [0.15, 0.2) is 0 Å². The standard InChI is InChI=1S/C15H17NO2/c1-11(17)16-8-7-13-10-14(18-2)9-12-5-3-4-6-15(12)13/h3-6,9-10H,7-8H2,1-2H3,(H,16,17). The van der Waals surface area contributed by atoms with Gasteiger partial charge in [-0.1, -0.05) is 24.3 Å². The Hall–Kier alpha value is -2.03. The van der Waals surface area contributed by atoms with Gasteiger partial charge in [-0.05, 0) is 34.9 Å². The van der Waals surface area contributed by atoms with Crippen molar-refractivity contribution in [1.82, 2.24) is 5.32 Å². The van der Waals surface area contributed by atoms with Crippen molar-refractivity contribution in [3.05, 3.63) is 42.0 Å². The van der Waals surface area contributed by atoms with E-state index in [1.807, 2.05) is 24.3 Å². The summed E-state index contributed by atoms with van der Waals surface area (Å²) in [5.74, 6) is 0.855. The molecule has 0 aliphatic carbocycles. The highest BCUT2D eigenvalue weighted by Gasteiger charge is 2.04. The molecule has 0 aliphatic rings. The van der Waals surface area contributed by atoms with Gasteiger partial charge in [-0.3, -0.25) is 4.79 Å². The number of carbonyl (C=O) groups excluding carboxylic acids is 1. The van der Waals surface area contributed by atoms with Crippen LogP contribution >= 0.6 is 0 Å². The van der Waals surface area contributed by atoms with E-state index in [4.69, 9.17) is 4.74 Å². The lowest BCUT2D eigenvalue weighted by molar-refractivity contribution is -0.118. The van der Waals surface area contributed by atoms with Crippen LogP contribution < -0.4 is 10.1 Å². The molecule has 18 heavy (non-hydrogen) atoms. The molecule has 0 saturated carbocycles. The molecule has 0 aromatic heterocycles. The first-order valence-corrected chi connectivity index (χ1v) is 6.01. The maximum absolute atomic E-state index is 10.9. The SMILES string of the molecule is COc1cc(CCNC(C)=O)c2ccccc2c1. The lowest BCUT2D eigenvalue weighted by Crippen LogP contribution is -2.22. The second-order valence-corrected chi connectivity index (χ2v) is 4.24. The van der Waals surface area contributed by atoms with Crippen LogP contribution in [0.25, 0.3) is 10.8 Å². The van der Waals surface area contributed by atoms with Crippen molar-refractivity contribution in [1.29, 1.82) is 0 Å². The number of fused-ring (bicyclic) bond motifs is 1. The molecule has 3 nitrogen and oxygen atoms in total. The van der Waals surface area contributed by atoms with E-state index in [1.54, 1.807) is 7.11 Å². The topological polar surface area (TPSA) is 38.3 Å². The number of benzene rings is 2. The Morgan fingerprint density at radius 3 is 2.78 bits per heavy atom. The summed E-state index contributed by atoms with van der Waals surface area (Å²) in [4.78, 5) is 10.9. The number of carbonyl (C=O) groups is 1. The van der Waals surface area contributed by atoms with E-state index in [1.165, 1.54) is 17.9 Å². The van der Waals surface area contributed by atoms with Gasteiger partial charge in [0.2, 0.25) is 5.91 Å². The van der Waals surface area contributed by atoms with Crippen LogP contribution in [0.3, 0.4) is 0 Å². The van der Waals surface area contributed by atoms with Gasteiger partial charge >= 0.3 is 0 Å². The molecule has 2 aromatic rings. The Kier molecular flexibility index (Phi) is 3.82. The van der Waals surface area contributed by atoms with Crippen molar-refractivity contribution in [3.63, 3.8) is 0 Å². The Morgan fingerprint density at radius 1 is 1.28 bits per heavy atom. The van der Waals surface area contributed by atoms with Gasteiger partial charge in [-0.2, -0.15) is 0 Å². The van der Waals surface area contributed by atoms with Crippen molar-refractivity contribution in [2.24, 2.45) is 0 Å². The monoisotopic (exact) mass is 243 g/mol. The van der Waals surface area contributed by atoms with E-state index < -0.39 is 0 Å². The third-order valence-corrected chi connectivity index (χ3v) is 2.92. The van der Waals surface area contributed by atoms with E-state index in [2.05, 4.69) is 17.4 Å². The molecule has 0 heterocycles. The highest BCUT2D eigenvalue weighted by Crippen LogP contribution is 2.25. The Bertz CT molecular complexity index is 563. The summed E-state index contributed by atoms with van der Waals surface area (Å²) in [5.41, 5.74) is 1.19. The fraction of sp³-hybridized carbons (Fsp3) is 0.267. The molecule has 0 bridgehead atoms. The summed E-state index contributed by atoms with van der Waals surface area (Å²) in [7, 11) is 1.67. The molecule has 94 valence electrons. The molecule has 2 rings (SSSR count). The van der Waals surface area contributed by atoms with Crippen LogP contribution in [0.2, 0.25) is 0 Å². The van der Waals surface area contributed by atoms with Crippen LogP contribution in [0.5, 0.6) is 5.75 Å². The predicted octanol–water partition coefficient (Wildman–Crippen LogP) is 2.53. The number of rotatable bonds is 4. The number of methoxy groups -OCH3 is 1. The highest BCUT2D eigenvalue weighted by atomic mass is 16.5. The van der Waals surface area contributed by atoms with Crippen molar-refractivity contribution in [2.45, 2.75) is 13.3 Å². The van der Waals surface area contributed by atoms with Gasteiger partial charge in [-0.25, -0.2) is 0 Å². The van der Waals surface area contributed by atoms with Crippen LogP contribution in [0.1, 0.15) is 12.5 Å². The smallest absolute Gasteiger partial charge is 0.216 e. The molecule has 0 radical (unpaired) electrons. The Morgan fingerprint density at radius 2 is 2.06 bits per heavy atom. The third kappa shape index (κ3) is 2.80. The number of hydrogen-bond acceptors (Lipinski definition) is 2. The highest BCUT2D eigenvalue weighted by molar-refractivity contribution is 5.87. The van der Waals surface area contributed by atoms with Crippen molar-refractivity contribution >= 4 is 16.7 Å². The van der Waals surface area contributed by atoms with Gasteiger partial charge < -0.3 is 10.1 Å².